The van der Waals surface area contributed by atoms with Crippen molar-refractivity contribution in [3.63, 3.8) is 0 Å². The average Bonchev–Trinajstić information content (AvgIpc) is 2.76. The molecule has 3 aromatic rings. The molecule has 5 nitrogen and oxygen atoms in total. The number of nitrogens with zero attached hydrogens (tertiary/aromatic N) is 1. The van der Waals surface area contributed by atoms with E-state index in [9.17, 15) is 4.79 Å². The van der Waals surface area contributed by atoms with Gasteiger partial charge in [0.25, 0.3) is 0 Å². The Kier molecular flexibility index (Phi) is 3.04. The lowest BCUT2D eigenvalue weighted by Crippen LogP contribution is -2.14. The van der Waals surface area contributed by atoms with Gasteiger partial charge in [-0.25, -0.2) is 4.79 Å². The van der Waals surface area contributed by atoms with Crippen molar-refractivity contribution in [1.82, 2.24) is 4.57 Å². The number of aliphatic hydroxyl groups excluding tert-OH is 1. The van der Waals surface area contributed by atoms with Crippen LogP contribution in [0.4, 0.5) is 5.69 Å². The standard InChI is InChI=1S/C15H14N2O3/c16-12-5-6-14-13(7-12)17(15(19)20-14)8-10-1-3-11(9-18)4-2-10/h1-7,18H,8-9,16H2. The van der Waals surface area contributed by atoms with Crippen LogP contribution in [0.1, 0.15) is 11.1 Å². The van der Waals surface area contributed by atoms with Gasteiger partial charge in [0, 0.05) is 5.69 Å². The summed E-state index contributed by atoms with van der Waals surface area (Å²) in [5.41, 5.74) is 9.33. The Hall–Kier alpha value is -2.53. The zero-order valence-corrected chi connectivity index (χ0v) is 10.7. The fourth-order valence-electron chi connectivity index (χ4n) is 2.16. The Morgan fingerprint density at radius 2 is 1.80 bits per heavy atom. The summed E-state index contributed by atoms with van der Waals surface area (Å²) in [7, 11) is 0. The molecule has 102 valence electrons. The molecule has 1 heterocycles. The Labute approximate surface area is 114 Å². The number of benzene rings is 2. The minimum atomic E-state index is -0.406. The van der Waals surface area contributed by atoms with Crippen LogP contribution in [0.25, 0.3) is 11.1 Å². The summed E-state index contributed by atoms with van der Waals surface area (Å²) in [6, 6.07) is 12.5. The van der Waals surface area contributed by atoms with Crippen molar-refractivity contribution in [2.45, 2.75) is 13.2 Å². The lowest BCUT2D eigenvalue weighted by molar-refractivity contribution is 0.282. The van der Waals surface area contributed by atoms with Crippen LogP contribution in [0.2, 0.25) is 0 Å². The van der Waals surface area contributed by atoms with Crippen molar-refractivity contribution in [2.24, 2.45) is 0 Å². The van der Waals surface area contributed by atoms with E-state index >= 15 is 0 Å². The largest absolute Gasteiger partial charge is 0.420 e. The molecule has 5 heteroatoms. The highest BCUT2D eigenvalue weighted by molar-refractivity contribution is 5.77. The fraction of sp³-hybridized carbons (Fsp3) is 0.133. The predicted molar refractivity (Wildman–Crippen MR) is 76.4 cm³/mol. The Morgan fingerprint density at radius 3 is 2.50 bits per heavy atom. The van der Waals surface area contributed by atoms with E-state index in [4.69, 9.17) is 15.3 Å². The van der Waals surface area contributed by atoms with Gasteiger partial charge in [-0.05, 0) is 29.3 Å². The van der Waals surface area contributed by atoms with E-state index in [0.717, 1.165) is 11.1 Å². The molecule has 0 saturated heterocycles. The van der Waals surface area contributed by atoms with Crippen LogP contribution in [0.5, 0.6) is 0 Å². The van der Waals surface area contributed by atoms with Gasteiger partial charge < -0.3 is 15.3 Å². The summed E-state index contributed by atoms with van der Waals surface area (Å²) in [6.07, 6.45) is 0. The zero-order valence-electron chi connectivity index (χ0n) is 10.7. The molecule has 0 radical (unpaired) electrons. The van der Waals surface area contributed by atoms with Gasteiger partial charge in [0.1, 0.15) is 0 Å². The van der Waals surface area contributed by atoms with Crippen molar-refractivity contribution in [3.8, 4) is 0 Å². The lowest BCUT2D eigenvalue weighted by atomic mass is 10.1. The van der Waals surface area contributed by atoms with Crippen LogP contribution in [-0.4, -0.2) is 9.67 Å². The fourth-order valence-corrected chi connectivity index (χ4v) is 2.16. The summed E-state index contributed by atoms with van der Waals surface area (Å²) in [6.45, 7) is 0.409. The topological polar surface area (TPSA) is 81.4 Å². The van der Waals surface area contributed by atoms with Gasteiger partial charge in [-0.15, -0.1) is 0 Å². The molecule has 2 aromatic carbocycles. The number of fused-ring (bicyclic) bond motifs is 1. The molecular formula is C15H14N2O3. The second-order valence-corrected chi connectivity index (χ2v) is 4.66. The molecule has 0 aliphatic rings. The maximum Gasteiger partial charge on any atom is 0.420 e. The molecule has 0 aliphatic carbocycles. The number of nitrogens with two attached hydrogens (primary N) is 1. The first-order valence-corrected chi connectivity index (χ1v) is 6.25. The summed E-state index contributed by atoms with van der Waals surface area (Å²) in [5, 5.41) is 9.02. The Morgan fingerprint density at radius 1 is 1.10 bits per heavy atom. The molecule has 0 amide bonds. The van der Waals surface area contributed by atoms with E-state index in [1.165, 1.54) is 0 Å². The van der Waals surface area contributed by atoms with E-state index in [-0.39, 0.29) is 6.61 Å². The molecule has 3 N–H and O–H groups in total. The summed E-state index contributed by atoms with van der Waals surface area (Å²) < 4.78 is 6.72. The van der Waals surface area contributed by atoms with Gasteiger partial charge in [0.15, 0.2) is 5.58 Å². The smallest absolute Gasteiger partial charge is 0.408 e. The maximum atomic E-state index is 11.9. The number of aliphatic hydroxyl groups is 1. The minimum absolute atomic E-state index is 0.00536. The van der Waals surface area contributed by atoms with Crippen molar-refractivity contribution in [2.75, 3.05) is 5.73 Å². The van der Waals surface area contributed by atoms with Gasteiger partial charge >= 0.3 is 5.76 Å². The van der Waals surface area contributed by atoms with Crippen molar-refractivity contribution < 1.29 is 9.52 Å². The molecule has 0 saturated carbocycles. The number of hydrogen-bond donors (Lipinski definition) is 2. The van der Waals surface area contributed by atoms with Crippen LogP contribution in [0.15, 0.2) is 51.7 Å². The molecule has 1 aromatic heterocycles. The predicted octanol–water partition coefficient (Wildman–Crippen LogP) is 1.72. The van der Waals surface area contributed by atoms with Crippen LogP contribution < -0.4 is 11.5 Å². The number of anilines is 1. The van der Waals surface area contributed by atoms with Gasteiger partial charge in [-0.2, -0.15) is 0 Å². The first kappa shape index (κ1) is 12.5. The van der Waals surface area contributed by atoms with Crippen LogP contribution >= 0.6 is 0 Å². The number of rotatable bonds is 3. The van der Waals surface area contributed by atoms with Crippen LogP contribution in [0.3, 0.4) is 0 Å². The van der Waals surface area contributed by atoms with Crippen molar-refractivity contribution in [1.29, 1.82) is 0 Å². The highest BCUT2D eigenvalue weighted by Gasteiger charge is 2.09. The lowest BCUT2D eigenvalue weighted by Gasteiger charge is -2.04. The minimum Gasteiger partial charge on any atom is -0.408 e. The highest BCUT2D eigenvalue weighted by atomic mass is 16.4. The second-order valence-electron chi connectivity index (χ2n) is 4.66. The second kappa shape index (κ2) is 4.86. The highest BCUT2D eigenvalue weighted by Crippen LogP contribution is 2.17. The summed E-state index contributed by atoms with van der Waals surface area (Å²) in [5.74, 6) is -0.406. The Balaban J connectivity index is 2.03. The molecule has 0 bridgehead atoms. The molecule has 0 aliphatic heterocycles. The van der Waals surface area contributed by atoms with Gasteiger partial charge in [0.2, 0.25) is 0 Å². The molecular weight excluding hydrogens is 256 g/mol. The van der Waals surface area contributed by atoms with Gasteiger partial charge in [0.05, 0.1) is 18.7 Å². The SMILES string of the molecule is Nc1ccc2oc(=O)n(Cc3ccc(CO)cc3)c2c1. The third kappa shape index (κ3) is 2.19. The number of hydrogen-bond acceptors (Lipinski definition) is 4. The number of nitrogen functional groups attached to an aromatic ring is 1. The monoisotopic (exact) mass is 270 g/mol. The van der Waals surface area contributed by atoms with E-state index in [1.54, 1.807) is 22.8 Å². The number of oxazole rings is 1. The molecule has 0 fully saturated rings. The van der Waals surface area contributed by atoms with E-state index < -0.39 is 5.76 Å². The molecule has 0 spiro atoms. The molecule has 0 unspecified atom stereocenters. The number of aromatic nitrogens is 1. The third-order valence-electron chi connectivity index (χ3n) is 3.24. The van der Waals surface area contributed by atoms with E-state index in [0.29, 0.717) is 23.3 Å². The zero-order chi connectivity index (χ0) is 14.1. The van der Waals surface area contributed by atoms with E-state index in [2.05, 4.69) is 0 Å². The third-order valence-corrected chi connectivity index (χ3v) is 3.24. The molecule has 0 atom stereocenters. The van der Waals surface area contributed by atoms with Crippen molar-refractivity contribution in [3.05, 3.63) is 64.1 Å². The van der Waals surface area contributed by atoms with Crippen molar-refractivity contribution >= 4 is 16.8 Å². The van der Waals surface area contributed by atoms with Crippen LogP contribution in [-0.2, 0) is 13.2 Å². The van der Waals surface area contributed by atoms with Crippen LogP contribution in [0, 0.1) is 0 Å². The molecule has 20 heavy (non-hydrogen) atoms. The summed E-state index contributed by atoms with van der Waals surface area (Å²) >= 11 is 0. The normalized spacial score (nSPS) is 11.1. The maximum absolute atomic E-state index is 11.9. The summed E-state index contributed by atoms with van der Waals surface area (Å²) in [4.78, 5) is 11.9. The first-order chi connectivity index (χ1) is 9.67. The van der Waals surface area contributed by atoms with Gasteiger partial charge in [-0.3, -0.25) is 4.57 Å². The molecule has 3 rings (SSSR count). The average molecular weight is 270 g/mol. The van der Waals surface area contributed by atoms with Gasteiger partial charge in [-0.1, -0.05) is 24.3 Å². The Bertz CT molecular complexity index is 800. The quantitative estimate of drug-likeness (QED) is 0.710. The first-order valence-electron chi connectivity index (χ1n) is 6.25. The van der Waals surface area contributed by atoms with E-state index in [1.807, 2.05) is 24.3 Å².